The summed E-state index contributed by atoms with van der Waals surface area (Å²) in [5.41, 5.74) is 2.98. The van der Waals surface area contributed by atoms with E-state index in [1.165, 1.54) is 18.2 Å². The minimum atomic E-state index is -0.424. The van der Waals surface area contributed by atoms with Gasteiger partial charge in [0.15, 0.2) is 0 Å². The van der Waals surface area contributed by atoms with Gasteiger partial charge in [-0.15, -0.1) is 0 Å². The number of carbonyl (C=O) groups is 1. The lowest BCUT2D eigenvalue weighted by Gasteiger charge is -2.28. The fraction of sp³-hybridized carbons (Fsp3) is 0.333. The van der Waals surface area contributed by atoms with E-state index in [1.807, 2.05) is 0 Å². The van der Waals surface area contributed by atoms with Gasteiger partial charge in [0.25, 0.3) is 5.91 Å². The number of benzene rings is 1. The van der Waals surface area contributed by atoms with Gasteiger partial charge in [-0.1, -0.05) is 6.07 Å². The molecule has 1 atom stereocenters. The molecular weight excluding hydrogens is 295 g/mol. The van der Waals surface area contributed by atoms with Crippen LogP contribution in [0, 0.1) is 12.7 Å². The fourth-order valence-electron chi connectivity index (χ4n) is 3.18. The monoisotopic (exact) mass is 314 g/mol. The maximum atomic E-state index is 13.4. The third kappa shape index (κ3) is 2.91. The summed E-state index contributed by atoms with van der Waals surface area (Å²) < 4.78 is 15.0. The van der Waals surface area contributed by atoms with Crippen LogP contribution >= 0.6 is 0 Å². The summed E-state index contributed by atoms with van der Waals surface area (Å²) in [5.74, 6) is -0.708. The molecule has 1 aliphatic rings. The highest BCUT2D eigenvalue weighted by molar-refractivity contribution is 5.95. The molecule has 0 saturated carbocycles. The molecule has 0 radical (unpaired) electrons. The van der Waals surface area contributed by atoms with E-state index in [9.17, 15) is 14.0 Å². The average molecular weight is 314 g/mol. The van der Waals surface area contributed by atoms with Gasteiger partial charge in [0, 0.05) is 24.4 Å². The molecule has 1 amide bonds. The molecule has 1 aromatic heterocycles. The van der Waals surface area contributed by atoms with Crippen molar-refractivity contribution in [1.82, 2.24) is 9.88 Å². The molecule has 120 valence electrons. The normalized spacial score (nSPS) is 16.7. The van der Waals surface area contributed by atoms with Crippen LogP contribution in [0.5, 0.6) is 0 Å². The zero-order valence-electron chi connectivity index (χ0n) is 13.2. The number of fused-ring (bicyclic) bond motifs is 1. The van der Waals surface area contributed by atoms with Gasteiger partial charge in [0.05, 0.1) is 6.04 Å². The topological polar surface area (TPSA) is 51.1 Å². The molecule has 1 heterocycles. The molecule has 5 heteroatoms. The summed E-state index contributed by atoms with van der Waals surface area (Å²) >= 11 is 0. The standard InChI is InChI=1S/C18H19FN2O2/c1-11-6-7-12(19)10-14(11)18(23)20-15-4-3-5-16-13(15)8-9-17(22)21(16)2/h6-10,15H,3-5H2,1-2H3,(H,20,23). The van der Waals surface area contributed by atoms with Gasteiger partial charge in [0.1, 0.15) is 5.82 Å². The zero-order chi connectivity index (χ0) is 16.6. The van der Waals surface area contributed by atoms with Crippen molar-refractivity contribution in [2.24, 2.45) is 7.05 Å². The number of aryl methyl sites for hydroxylation is 1. The quantitative estimate of drug-likeness (QED) is 0.926. The second-order valence-electron chi connectivity index (χ2n) is 6.01. The Balaban J connectivity index is 1.91. The molecule has 1 aromatic carbocycles. The third-order valence-electron chi connectivity index (χ3n) is 4.51. The first-order valence-electron chi connectivity index (χ1n) is 7.73. The van der Waals surface area contributed by atoms with Crippen LogP contribution in [0.3, 0.4) is 0 Å². The molecule has 2 aromatic rings. The van der Waals surface area contributed by atoms with Crippen molar-refractivity contribution < 1.29 is 9.18 Å². The number of nitrogens with one attached hydrogen (secondary N) is 1. The number of hydrogen-bond donors (Lipinski definition) is 1. The fourth-order valence-corrected chi connectivity index (χ4v) is 3.18. The predicted molar refractivity (Wildman–Crippen MR) is 86.0 cm³/mol. The molecule has 1 unspecified atom stereocenters. The SMILES string of the molecule is Cc1ccc(F)cc1C(=O)NC1CCCc2c1ccc(=O)n2C. The van der Waals surface area contributed by atoms with Crippen molar-refractivity contribution in [3.05, 3.63) is 68.9 Å². The Morgan fingerprint density at radius 2 is 2.09 bits per heavy atom. The Hall–Kier alpha value is -2.43. The first-order valence-corrected chi connectivity index (χ1v) is 7.73. The molecule has 4 nitrogen and oxygen atoms in total. The number of amides is 1. The smallest absolute Gasteiger partial charge is 0.252 e. The Kier molecular flexibility index (Phi) is 4.03. The first-order chi connectivity index (χ1) is 11.0. The lowest BCUT2D eigenvalue weighted by molar-refractivity contribution is 0.0931. The van der Waals surface area contributed by atoms with Crippen molar-refractivity contribution in [2.75, 3.05) is 0 Å². The summed E-state index contributed by atoms with van der Waals surface area (Å²) in [6.45, 7) is 1.78. The summed E-state index contributed by atoms with van der Waals surface area (Å²) in [6.07, 6.45) is 2.54. The highest BCUT2D eigenvalue weighted by Gasteiger charge is 2.24. The Morgan fingerprint density at radius 1 is 1.30 bits per heavy atom. The second-order valence-corrected chi connectivity index (χ2v) is 6.01. The highest BCUT2D eigenvalue weighted by atomic mass is 19.1. The number of carbonyl (C=O) groups excluding carboxylic acids is 1. The zero-order valence-corrected chi connectivity index (χ0v) is 13.2. The predicted octanol–water partition coefficient (Wildman–Crippen LogP) is 2.64. The Morgan fingerprint density at radius 3 is 2.87 bits per heavy atom. The van der Waals surface area contributed by atoms with E-state index in [1.54, 1.807) is 30.7 Å². The molecule has 3 rings (SSSR count). The highest BCUT2D eigenvalue weighted by Crippen LogP contribution is 2.28. The third-order valence-corrected chi connectivity index (χ3v) is 4.51. The van der Waals surface area contributed by atoms with E-state index in [2.05, 4.69) is 5.32 Å². The minimum Gasteiger partial charge on any atom is -0.345 e. The maximum Gasteiger partial charge on any atom is 0.252 e. The molecule has 0 saturated heterocycles. The largest absolute Gasteiger partial charge is 0.345 e. The molecule has 0 fully saturated rings. The Bertz CT molecular complexity index is 826. The van der Waals surface area contributed by atoms with E-state index >= 15 is 0 Å². The number of aromatic nitrogens is 1. The van der Waals surface area contributed by atoms with Crippen molar-refractivity contribution in [1.29, 1.82) is 0 Å². The number of pyridine rings is 1. The molecule has 23 heavy (non-hydrogen) atoms. The van der Waals surface area contributed by atoms with Gasteiger partial charge in [-0.2, -0.15) is 0 Å². The maximum absolute atomic E-state index is 13.4. The van der Waals surface area contributed by atoms with Crippen LogP contribution in [0.1, 0.15) is 46.1 Å². The van der Waals surface area contributed by atoms with Gasteiger partial charge < -0.3 is 9.88 Å². The van der Waals surface area contributed by atoms with Crippen LogP contribution in [-0.2, 0) is 13.5 Å². The van der Waals surface area contributed by atoms with Crippen LogP contribution in [0.25, 0.3) is 0 Å². The van der Waals surface area contributed by atoms with Crippen LogP contribution in [0.4, 0.5) is 4.39 Å². The lowest BCUT2D eigenvalue weighted by atomic mass is 9.90. The van der Waals surface area contributed by atoms with Crippen LogP contribution in [0.2, 0.25) is 0 Å². The molecule has 1 N–H and O–H groups in total. The van der Waals surface area contributed by atoms with Gasteiger partial charge >= 0.3 is 0 Å². The van der Waals surface area contributed by atoms with Crippen LogP contribution < -0.4 is 10.9 Å². The number of rotatable bonds is 2. The van der Waals surface area contributed by atoms with Crippen molar-refractivity contribution in [2.45, 2.75) is 32.2 Å². The first kappa shape index (κ1) is 15.5. The second kappa shape index (κ2) is 5.99. The number of hydrogen-bond acceptors (Lipinski definition) is 2. The Labute approximate surface area is 134 Å². The van der Waals surface area contributed by atoms with Gasteiger partial charge in [0.2, 0.25) is 5.56 Å². The summed E-state index contributed by atoms with van der Waals surface area (Å²) in [5, 5.41) is 2.99. The lowest BCUT2D eigenvalue weighted by Crippen LogP contribution is -2.34. The van der Waals surface area contributed by atoms with Gasteiger partial charge in [-0.05, 0) is 55.5 Å². The van der Waals surface area contributed by atoms with E-state index < -0.39 is 5.82 Å². The van der Waals surface area contributed by atoms with Gasteiger partial charge in [-0.3, -0.25) is 9.59 Å². The molecule has 1 aliphatic carbocycles. The van der Waals surface area contributed by atoms with E-state index in [-0.39, 0.29) is 17.5 Å². The number of nitrogens with zero attached hydrogens (tertiary/aromatic N) is 1. The average Bonchev–Trinajstić information content (AvgIpc) is 2.53. The summed E-state index contributed by atoms with van der Waals surface area (Å²) in [7, 11) is 1.75. The summed E-state index contributed by atoms with van der Waals surface area (Å²) in [4.78, 5) is 24.3. The van der Waals surface area contributed by atoms with Gasteiger partial charge in [-0.25, -0.2) is 4.39 Å². The summed E-state index contributed by atoms with van der Waals surface area (Å²) in [6, 6.07) is 7.37. The van der Waals surface area contributed by atoms with E-state index in [4.69, 9.17) is 0 Å². The molecule has 0 aliphatic heterocycles. The molecular formula is C18H19FN2O2. The van der Waals surface area contributed by atoms with Crippen molar-refractivity contribution in [3.8, 4) is 0 Å². The minimum absolute atomic E-state index is 0.0447. The van der Waals surface area contributed by atoms with E-state index in [0.29, 0.717) is 5.56 Å². The van der Waals surface area contributed by atoms with E-state index in [0.717, 1.165) is 36.1 Å². The number of halogens is 1. The molecule has 0 bridgehead atoms. The molecule has 0 spiro atoms. The van der Waals surface area contributed by atoms with Crippen molar-refractivity contribution in [3.63, 3.8) is 0 Å². The van der Waals surface area contributed by atoms with Crippen LogP contribution in [0.15, 0.2) is 35.1 Å². The van der Waals surface area contributed by atoms with Crippen molar-refractivity contribution >= 4 is 5.91 Å². The van der Waals surface area contributed by atoms with Crippen LogP contribution in [-0.4, -0.2) is 10.5 Å².